The number of fused-ring (bicyclic) bond motifs is 7. The Morgan fingerprint density at radius 1 is 0.328 bits per heavy atom. The van der Waals surface area contributed by atoms with Crippen LogP contribution in [0.4, 0.5) is 17.1 Å². The zero-order valence-corrected chi connectivity index (χ0v) is 33.9. The van der Waals surface area contributed by atoms with Crippen LogP contribution in [0.3, 0.4) is 0 Å². The van der Waals surface area contributed by atoms with Crippen molar-refractivity contribution in [2.24, 2.45) is 0 Å². The van der Waals surface area contributed by atoms with Gasteiger partial charge in [-0.1, -0.05) is 170 Å². The van der Waals surface area contributed by atoms with Crippen LogP contribution in [-0.2, 0) is 0 Å². The molecule has 0 radical (unpaired) electrons. The summed E-state index contributed by atoms with van der Waals surface area (Å²) in [5.41, 5.74) is 14.4. The molecule has 2 nitrogen and oxygen atoms in total. The molecule has 0 saturated carbocycles. The van der Waals surface area contributed by atoms with Crippen LogP contribution in [0, 0.1) is 0 Å². The highest BCUT2D eigenvalue weighted by Gasteiger charge is 2.19. The molecule has 0 spiro atoms. The van der Waals surface area contributed by atoms with E-state index in [-0.39, 0.29) is 0 Å². The monoisotopic (exact) mass is 795 g/mol. The molecule has 2 heterocycles. The summed E-state index contributed by atoms with van der Waals surface area (Å²) in [5, 5.41) is 7.39. The van der Waals surface area contributed by atoms with E-state index in [9.17, 15) is 0 Å². The van der Waals surface area contributed by atoms with E-state index in [4.69, 9.17) is 4.42 Å². The van der Waals surface area contributed by atoms with Gasteiger partial charge in [0.25, 0.3) is 0 Å². The smallest absolute Gasteiger partial charge is 0.143 e. The maximum Gasteiger partial charge on any atom is 0.143 e. The van der Waals surface area contributed by atoms with Crippen LogP contribution in [0.2, 0.25) is 0 Å². The molecule has 0 bridgehead atoms. The van der Waals surface area contributed by atoms with Gasteiger partial charge < -0.3 is 9.32 Å². The first-order valence-corrected chi connectivity index (χ1v) is 21.5. The van der Waals surface area contributed by atoms with Crippen molar-refractivity contribution in [3.8, 4) is 44.5 Å². The topological polar surface area (TPSA) is 16.4 Å². The van der Waals surface area contributed by atoms with Gasteiger partial charge in [-0.3, -0.25) is 0 Å². The van der Waals surface area contributed by atoms with E-state index < -0.39 is 0 Å². The molecule has 2 aromatic heterocycles. The molecule has 286 valence electrons. The summed E-state index contributed by atoms with van der Waals surface area (Å²) in [5.74, 6) is 0. The van der Waals surface area contributed by atoms with E-state index in [1.165, 1.54) is 64.3 Å². The molecule has 0 N–H and O–H groups in total. The fourth-order valence-electron chi connectivity index (χ4n) is 9.02. The molecule has 61 heavy (non-hydrogen) atoms. The van der Waals surface area contributed by atoms with Crippen LogP contribution in [0.25, 0.3) is 97.4 Å². The highest BCUT2D eigenvalue weighted by atomic mass is 32.1. The van der Waals surface area contributed by atoms with Crippen LogP contribution >= 0.6 is 11.3 Å². The first-order chi connectivity index (χ1) is 30.2. The van der Waals surface area contributed by atoms with E-state index in [0.717, 1.165) is 50.1 Å². The van der Waals surface area contributed by atoms with Crippen molar-refractivity contribution in [2.45, 2.75) is 0 Å². The number of para-hydroxylation sites is 3. The quantitative estimate of drug-likeness (QED) is 0.160. The van der Waals surface area contributed by atoms with Gasteiger partial charge in [-0.25, -0.2) is 0 Å². The molecule has 0 aliphatic rings. The van der Waals surface area contributed by atoms with Crippen LogP contribution in [0.5, 0.6) is 0 Å². The van der Waals surface area contributed by atoms with Crippen molar-refractivity contribution in [1.29, 1.82) is 0 Å². The predicted molar refractivity (Wildman–Crippen MR) is 261 cm³/mol. The zero-order chi connectivity index (χ0) is 40.3. The molecule has 10 aromatic carbocycles. The SMILES string of the molecule is c1ccc(N(c2ccc(-c3ccc(-c4ccc5ccccc5c4)cc3)cc2)c2ccc(-c3cccc4c3oc3ccccc34)cc2)c(-c2ccc3c(c2)sc2ccccc23)c1. The molecular formula is C58H37NOS. The summed E-state index contributed by atoms with van der Waals surface area (Å²) >= 11 is 1.86. The minimum Gasteiger partial charge on any atom is -0.455 e. The Kier molecular flexibility index (Phi) is 8.39. The Labute approximate surface area is 357 Å². The summed E-state index contributed by atoms with van der Waals surface area (Å²) in [6, 6.07) is 81.2. The fourth-order valence-corrected chi connectivity index (χ4v) is 10.2. The third-order valence-electron chi connectivity index (χ3n) is 12.1. The highest BCUT2D eigenvalue weighted by Crippen LogP contribution is 2.44. The highest BCUT2D eigenvalue weighted by molar-refractivity contribution is 7.25. The van der Waals surface area contributed by atoms with Crippen molar-refractivity contribution in [1.82, 2.24) is 0 Å². The standard InChI is InChI=1S/C58H37NOS/c1-2-11-43-36-44(25-24-38(43)10-1)41-22-20-39(21-23-41)40-26-31-46(32-27-40)59(47-33-28-42(29-34-47)49-15-9-16-53-50-13-4-7-18-55(50)60-58(49)53)54-17-6-3-12-48(54)45-30-35-52-51-14-5-8-19-56(51)61-57(52)37-45/h1-37H. The Hall–Kier alpha value is -7.72. The summed E-state index contributed by atoms with van der Waals surface area (Å²) < 4.78 is 9.05. The maximum atomic E-state index is 6.45. The van der Waals surface area contributed by atoms with Crippen molar-refractivity contribution in [2.75, 3.05) is 4.90 Å². The van der Waals surface area contributed by atoms with Crippen molar-refractivity contribution >= 4 is 81.3 Å². The molecule has 0 atom stereocenters. The van der Waals surface area contributed by atoms with Crippen LogP contribution in [0.1, 0.15) is 0 Å². The minimum atomic E-state index is 0.905. The van der Waals surface area contributed by atoms with Crippen LogP contribution in [-0.4, -0.2) is 0 Å². The van der Waals surface area contributed by atoms with E-state index in [2.05, 4.69) is 217 Å². The van der Waals surface area contributed by atoms with Crippen LogP contribution < -0.4 is 4.90 Å². The third kappa shape index (κ3) is 6.18. The molecule has 0 amide bonds. The van der Waals surface area contributed by atoms with Gasteiger partial charge in [-0.15, -0.1) is 11.3 Å². The number of nitrogens with zero attached hydrogens (tertiary/aromatic N) is 1. The Bertz CT molecular complexity index is 3580. The number of anilines is 3. The summed E-state index contributed by atoms with van der Waals surface area (Å²) in [7, 11) is 0. The number of rotatable bonds is 7. The van der Waals surface area contributed by atoms with Gasteiger partial charge in [0.2, 0.25) is 0 Å². The van der Waals surface area contributed by atoms with Crippen molar-refractivity contribution < 1.29 is 4.42 Å². The van der Waals surface area contributed by atoms with Gasteiger partial charge in [0.1, 0.15) is 11.2 Å². The normalized spacial score (nSPS) is 11.6. The average molecular weight is 796 g/mol. The molecule has 12 rings (SSSR count). The van der Waals surface area contributed by atoms with E-state index in [1.54, 1.807) is 0 Å². The first kappa shape index (κ1) is 35.2. The second kappa shape index (κ2) is 14.5. The number of thiophene rings is 1. The molecule has 3 heteroatoms. The second-order valence-electron chi connectivity index (χ2n) is 15.7. The Balaban J connectivity index is 0.941. The zero-order valence-electron chi connectivity index (χ0n) is 33.1. The summed E-state index contributed by atoms with van der Waals surface area (Å²) in [6.07, 6.45) is 0. The molecule has 0 saturated heterocycles. The molecule has 0 fully saturated rings. The lowest BCUT2D eigenvalue weighted by atomic mass is 9.97. The summed E-state index contributed by atoms with van der Waals surface area (Å²) in [4.78, 5) is 2.39. The number of furan rings is 1. The van der Waals surface area contributed by atoms with Gasteiger partial charge in [-0.2, -0.15) is 0 Å². The van der Waals surface area contributed by atoms with Gasteiger partial charge in [0.05, 0.1) is 5.69 Å². The van der Waals surface area contributed by atoms with Gasteiger partial charge >= 0.3 is 0 Å². The summed E-state index contributed by atoms with van der Waals surface area (Å²) in [6.45, 7) is 0. The fraction of sp³-hybridized carbons (Fsp3) is 0. The number of hydrogen-bond acceptors (Lipinski definition) is 3. The number of hydrogen-bond donors (Lipinski definition) is 0. The predicted octanol–water partition coefficient (Wildman–Crippen LogP) is 17.2. The lowest BCUT2D eigenvalue weighted by molar-refractivity contribution is 0.670. The molecule has 0 aliphatic carbocycles. The second-order valence-corrected chi connectivity index (χ2v) is 16.8. The molecular weight excluding hydrogens is 759 g/mol. The minimum absolute atomic E-state index is 0.905. The molecule has 0 unspecified atom stereocenters. The van der Waals surface area contributed by atoms with Crippen LogP contribution in [0.15, 0.2) is 229 Å². The van der Waals surface area contributed by atoms with Gasteiger partial charge in [-0.05, 0) is 98.8 Å². The van der Waals surface area contributed by atoms with Gasteiger partial charge in [0, 0.05) is 53.4 Å². The van der Waals surface area contributed by atoms with Gasteiger partial charge in [0.15, 0.2) is 0 Å². The first-order valence-electron chi connectivity index (χ1n) is 20.7. The van der Waals surface area contributed by atoms with E-state index in [1.807, 2.05) is 23.5 Å². The molecule has 12 aromatic rings. The Morgan fingerprint density at radius 2 is 0.885 bits per heavy atom. The largest absolute Gasteiger partial charge is 0.455 e. The third-order valence-corrected chi connectivity index (χ3v) is 13.2. The van der Waals surface area contributed by atoms with Crippen molar-refractivity contribution in [3.05, 3.63) is 224 Å². The Morgan fingerprint density at radius 3 is 1.69 bits per heavy atom. The number of benzene rings is 10. The lowest BCUT2D eigenvalue weighted by Gasteiger charge is -2.28. The average Bonchev–Trinajstić information content (AvgIpc) is 3.91. The van der Waals surface area contributed by atoms with Crippen molar-refractivity contribution in [3.63, 3.8) is 0 Å². The van der Waals surface area contributed by atoms with E-state index in [0.29, 0.717) is 0 Å². The lowest BCUT2D eigenvalue weighted by Crippen LogP contribution is -2.11. The maximum absolute atomic E-state index is 6.45. The van der Waals surface area contributed by atoms with E-state index >= 15 is 0 Å². The molecule has 0 aliphatic heterocycles.